The van der Waals surface area contributed by atoms with Crippen LogP contribution >= 0.6 is 0 Å². The molecule has 1 heterocycles. The van der Waals surface area contributed by atoms with E-state index in [0.29, 0.717) is 37.6 Å². The maximum Gasteiger partial charge on any atom is 0.146 e. The highest BCUT2D eigenvalue weighted by molar-refractivity contribution is 5.49. The lowest BCUT2D eigenvalue weighted by Crippen LogP contribution is -2.36. The van der Waals surface area contributed by atoms with Gasteiger partial charge in [0.15, 0.2) is 0 Å². The van der Waals surface area contributed by atoms with Gasteiger partial charge >= 0.3 is 0 Å². The van der Waals surface area contributed by atoms with Gasteiger partial charge in [0.1, 0.15) is 5.82 Å². The average molecular weight is 240 g/mol. The molecule has 0 aromatic heterocycles. The van der Waals surface area contributed by atoms with Crippen LogP contribution < -0.4 is 10.6 Å². The highest BCUT2D eigenvalue weighted by atomic mass is 19.1. The molecule has 3 N–H and O–H groups in total. The molecule has 17 heavy (non-hydrogen) atoms. The Balaban J connectivity index is 2.18. The third-order valence-electron chi connectivity index (χ3n) is 2.95. The van der Waals surface area contributed by atoms with Crippen LogP contribution in [0.2, 0.25) is 0 Å². The van der Waals surface area contributed by atoms with Crippen molar-refractivity contribution in [1.82, 2.24) is 0 Å². The molecule has 0 bridgehead atoms. The zero-order valence-electron chi connectivity index (χ0n) is 9.60. The second kappa shape index (κ2) is 5.44. The van der Waals surface area contributed by atoms with Crippen LogP contribution in [0.1, 0.15) is 11.6 Å². The summed E-state index contributed by atoms with van der Waals surface area (Å²) in [4.78, 5) is 1.95. The fraction of sp³-hybridized carbons (Fsp3) is 0.500. The van der Waals surface area contributed by atoms with E-state index in [1.807, 2.05) is 4.90 Å². The number of nitrogens with two attached hydrogens (primary N) is 1. The lowest BCUT2D eigenvalue weighted by atomic mass is 10.1. The summed E-state index contributed by atoms with van der Waals surface area (Å²) in [5.41, 5.74) is 6.83. The molecule has 1 atom stereocenters. The molecule has 0 unspecified atom stereocenters. The number of halogens is 1. The average Bonchev–Trinajstić information content (AvgIpc) is 2.38. The van der Waals surface area contributed by atoms with Crippen LogP contribution in [0.3, 0.4) is 0 Å². The summed E-state index contributed by atoms with van der Waals surface area (Å²) in [7, 11) is 0. The molecule has 0 aliphatic carbocycles. The molecule has 0 radical (unpaired) electrons. The Morgan fingerprint density at radius 1 is 1.41 bits per heavy atom. The van der Waals surface area contributed by atoms with Gasteiger partial charge in [0.05, 0.1) is 31.5 Å². The van der Waals surface area contributed by atoms with E-state index < -0.39 is 6.04 Å². The molecule has 1 saturated heterocycles. The normalized spacial score (nSPS) is 18.2. The number of nitrogens with zero attached hydrogens (tertiary/aromatic N) is 1. The quantitative estimate of drug-likeness (QED) is 0.814. The fourth-order valence-corrected chi connectivity index (χ4v) is 1.92. The Morgan fingerprint density at radius 2 is 2.12 bits per heavy atom. The molecule has 1 aliphatic rings. The standard InChI is InChI=1S/C12H17FN2O2/c13-10-7-9(11(14)8-16)1-2-12(10)15-3-5-17-6-4-15/h1-2,7,11,16H,3-6,8,14H2/t11-/m1/s1. The predicted octanol–water partition coefficient (Wildman–Crippen LogP) is 0.654. The van der Waals surface area contributed by atoms with Crippen LogP contribution in [-0.2, 0) is 4.74 Å². The van der Waals surface area contributed by atoms with Crippen molar-refractivity contribution in [3.8, 4) is 0 Å². The Hall–Kier alpha value is -1.17. The number of rotatable bonds is 3. The highest BCUT2D eigenvalue weighted by Gasteiger charge is 2.16. The molecule has 1 fully saturated rings. The lowest BCUT2D eigenvalue weighted by Gasteiger charge is -2.29. The van der Waals surface area contributed by atoms with Gasteiger partial charge in [-0.25, -0.2) is 4.39 Å². The Kier molecular flexibility index (Phi) is 3.93. The number of benzene rings is 1. The van der Waals surface area contributed by atoms with Crippen LogP contribution in [0.5, 0.6) is 0 Å². The molecular formula is C12H17FN2O2. The van der Waals surface area contributed by atoms with Crippen LogP contribution in [0, 0.1) is 5.82 Å². The molecule has 0 spiro atoms. The fourth-order valence-electron chi connectivity index (χ4n) is 1.92. The summed E-state index contributed by atoms with van der Waals surface area (Å²) in [6.45, 7) is 2.45. The van der Waals surface area contributed by atoms with Gasteiger partial charge in [0.2, 0.25) is 0 Å². The van der Waals surface area contributed by atoms with Crippen molar-refractivity contribution >= 4 is 5.69 Å². The first-order chi connectivity index (χ1) is 8.22. The van der Waals surface area contributed by atoms with Gasteiger partial charge in [-0.15, -0.1) is 0 Å². The van der Waals surface area contributed by atoms with E-state index in [-0.39, 0.29) is 12.4 Å². The zero-order chi connectivity index (χ0) is 12.3. The van der Waals surface area contributed by atoms with Crippen molar-refractivity contribution in [2.45, 2.75) is 6.04 Å². The smallest absolute Gasteiger partial charge is 0.146 e. The van der Waals surface area contributed by atoms with E-state index in [4.69, 9.17) is 15.6 Å². The van der Waals surface area contributed by atoms with Crippen molar-refractivity contribution in [3.05, 3.63) is 29.6 Å². The third-order valence-corrected chi connectivity index (χ3v) is 2.95. The Labute approximate surface area is 99.8 Å². The van der Waals surface area contributed by atoms with Gasteiger partial charge in [-0.05, 0) is 17.7 Å². The second-order valence-electron chi connectivity index (χ2n) is 4.10. The SMILES string of the molecule is N[C@H](CO)c1ccc(N2CCOCC2)c(F)c1. The van der Waals surface area contributed by atoms with E-state index in [1.54, 1.807) is 12.1 Å². The largest absolute Gasteiger partial charge is 0.394 e. The number of anilines is 1. The molecule has 5 heteroatoms. The highest BCUT2D eigenvalue weighted by Crippen LogP contribution is 2.23. The number of hydrogen-bond acceptors (Lipinski definition) is 4. The molecule has 4 nitrogen and oxygen atoms in total. The van der Waals surface area contributed by atoms with Crippen LogP contribution in [0.15, 0.2) is 18.2 Å². The van der Waals surface area contributed by atoms with Gasteiger partial charge < -0.3 is 20.5 Å². The minimum absolute atomic E-state index is 0.184. The number of ether oxygens (including phenoxy) is 1. The zero-order valence-corrected chi connectivity index (χ0v) is 9.60. The number of aliphatic hydroxyl groups is 1. The summed E-state index contributed by atoms with van der Waals surface area (Å²) in [6, 6.07) is 4.34. The van der Waals surface area contributed by atoms with Crippen molar-refractivity contribution < 1.29 is 14.2 Å². The van der Waals surface area contributed by atoms with Gasteiger partial charge in [-0.3, -0.25) is 0 Å². The molecule has 1 aliphatic heterocycles. The van der Waals surface area contributed by atoms with Gasteiger partial charge in [-0.1, -0.05) is 6.07 Å². The predicted molar refractivity (Wildman–Crippen MR) is 63.4 cm³/mol. The summed E-state index contributed by atoms with van der Waals surface area (Å²) in [6.07, 6.45) is 0. The molecule has 1 aromatic carbocycles. The maximum absolute atomic E-state index is 13.9. The molecule has 2 rings (SSSR count). The van der Waals surface area contributed by atoms with Gasteiger partial charge in [-0.2, -0.15) is 0 Å². The summed E-state index contributed by atoms with van der Waals surface area (Å²) in [5.74, 6) is -0.298. The number of hydrogen-bond donors (Lipinski definition) is 2. The minimum Gasteiger partial charge on any atom is -0.394 e. The summed E-state index contributed by atoms with van der Waals surface area (Å²) in [5, 5.41) is 8.92. The molecule has 94 valence electrons. The molecular weight excluding hydrogens is 223 g/mol. The monoisotopic (exact) mass is 240 g/mol. The van der Waals surface area contributed by atoms with Crippen molar-refractivity contribution in [3.63, 3.8) is 0 Å². The minimum atomic E-state index is -0.525. The lowest BCUT2D eigenvalue weighted by molar-refractivity contribution is 0.122. The second-order valence-corrected chi connectivity index (χ2v) is 4.10. The first-order valence-electron chi connectivity index (χ1n) is 5.71. The Bertz CT molecular complexity index is 381. The van der Waals surface area contributed by atoms with E-state index in [1.165, 1.54) is 6.07 Å². The third kappa shape index (κ3) is 2.74. The van der Waals surface area contributed by atoms with E-state index in [2.05, 4.69) is 0 Å². The van der Waals surface area contributed by atoms with Crippen LogP contribution in [0.4, 0.5) is 10.1 Å². The van der Waals surface area contributed by atoms with E-state index >= 15 is 0 Å². The van der Waals surface area contributed by atoms with E-state index in [9.17, 15) is 4.39 Å². The molecule has 1 aromatic rings. The molecule has 0 amide bonds. The molecule has 0 saturated carbocycles. The maximum atomic E-state index is 13.9. The van der Waals surface area contributed by atoms with Crippen molar-refractivity contribution in [2.24, 2.45) is 5.73 Å². The first kappa shape index (κ1) is 12.3. The van der Waals surface area contributed by atoms with Crippen LogP contribution in [-0.4, -0.2) is 38.0 Å². The number of morpholine rings is 1. The number of aliphatic hydroxyl groups excluding tert-OH is 1. The topological polar surface area (TPSA) is 58.7 Å². The summed E-state index contributed by atoms with van der Waals surface area (Å²) >= 11 is 0. The van der Waals surface area contributed by atoms with E-state index in [0.717, 1.165) is 0 Å². The first-order valence-corrected chi connectivity index (χ1v) is 5.71. The van der Waals surface area contributed by atoms with Crippen LogP contribution in [0.25, 0.3) is 0 Å². The van der Waals surface area contributed by atoms with Crippen molar-refractivity contribution in [2.75, 3.05) is 37.8 Å². The van der Waals surface area contributed by atoms with Crippen molar-refractivity contribution in [1.29, 1.82) is 0 Å². The van der Waals surface area contributed by atoms with Gasteiger partial charge in [0, 0.05) is 13.1 Å². The summed E-state index contributed by atoms with van der Waals surface area (Å²) < 4.78 is 19.1. The van der Waals surface area contributed by atoms with Gasteiger partial charge in [0.25, 0.3) is 0 Å². The Morgan fingerprint density at radius 3 is 2.71 bits per heavy atom.